The number of ether oxygens (including phenoxy) is 1. The van der Waals surface area contributed by atoms with Crippen molar-refractivity contribution in [2.75, 3.05) is 18.8 Å². The highest BCUT2D eigenvalue weighted by Gasteiger charge is 2.32. The van der Waals surface area contributed by atoms with Crippen LogP contribution in [0.5, 0.6) is 5.88 Å². The number of amides is 1. The predicted octanol–water partition coefficient (Wildman–Crippen LogP) is 2.48. The number of hydrogen-bond acceptors (Lipinski definition) is 7. The molecule has 0 N–H and O–H groups in total. The summed E-state index contributed by atoms with van der Waals surface area (Å²) in [5, 5.41) is 9.37. The zero-order valence-electron chi connectivity index (χ0n) is 13.7. The summed E-state index contributed by atoms with van der Waals surface area (Å²) in [6.45, 7) is 1.01. The van der Waals surface area contributed by atoms with Crippen molar-refractivity contribution in [1.82, 2.24) is 14.9 Å². The molecule has 0 saturated carbocycles. The van der Waals surface area contributed by atoms with Crippen molar-refractivity contribution in [2.45, 2.75) is 11.3 Å². The van der Waals surface area contributed by atoms with Crippen LogP contribution in [0.4, 0.5) is 0 Å². The number of carbonyl (C=O) groups is 1. The van der Waals surface area contributed by atoms with Gasteiger partial charge in [0.05, 0.1) is 30.5 Å². The average Bonchev–Trinajstić information content (AvgIpc) is 3.05. The van der Waals surface area contributed by atoms with Crippen LogP contribution in [0, 0.1) is 11.3 Å². The van der Waals surface area contributed by atoms with Gasteiger partial charge in [0.2, 0.25) is 11.8 Å². The number of aromatic nitrogens is 2. The highest BCUT2D eigenvalue weighted by molar-refractivity contribution is 7.99. The lowest BCUT2D eigenvalue weighted by molar-refractivity contribution is -0.137. The van der Waals surface area contributed by atoms with Gasteiger partial charge in [-0.1, -0.05) is 23.9 Å². The van der Waals surface area contributed by atoms with Gasteiger partial charge in [-0.25, -0.2) is 9.97 Å². The molecule has 1 amide bonds. The maximum atomic E-state index is 12.2. The van der Waals surface area contributed by atoms with E-state index >= 15 is 0 Å². The molecule has 1 aromatic carbocycles. The summed E-state index contributed by atoms with van der Waals surface area (Å²) < 4.78 is 11.3. The number of rotatable bonds is 5. The number of hydrogen-bond donors (Lipinski definition) is 0. The molecule has 2 aromatic heterocycles. The minimum Gasteiger partial charge on any atom is -0.471 e. The highest BCUT2D eigenvalue weighted by Crippen LogP contribution is 2.24. The van der Waals surface area contributed by atoms with Gasteiger partial charge in [0, 0.05) is 12.3 Å². The molecule has 3 heterocycles. The first-order valence-corrected chi connectivity index (χ1v) is 8.99. The number of oxazole rings is 1. The van der Waals surface area contributed by atoms with Gasteiger partial charge in [-0.05, 0) is 18.2 Å². The van der Waals surface area contributed by atoms with Crippen molar-refractivity contribution in [3.05, 3.63) is 48.2 Å². The summed E-state index contributed by atoms with van der Waals surface area (Å²) in [4.78, 5) is 22.4. The van der Waals surface area contributed by atoms with Crippen LogP contribution < -0.4 is 4.74 Å². The fourth-order valence-electron chi connectivity index (χ4n) is 2.56. The summed E-state index contributed by atoms with van der Waals surface area (Å²) in [5.41, 5.74) is 2.00. The molecule has 8 heteroatoms. The molecule has 0 unspecified atom stereocenters. The Morgan fingerprint density at radius 3 is 3.04 bits per heavy atom. The number of thioether (sulfide) groups is 1. The molecule has 0 bridgehead atoms. The van der Waals surface area contributed by atoms with Crippen molar-refractivity contribution < 1.29 is 13.9 Å². The molecule has 4 rings (SSSR count). The topological polar surface area (TPSA) is 92.2 Å². The minimum atomic E-state index is -0.102. The summed E-state index contributed by atoms with van der Waals surface area (Å²) in [6.07, 6.45) is 1.43. The van der Waals surface area contributed by atoms with Crippen LogP contribution in [0.15, 0.2) is 52.2 Å². The Kier molecular flexibility index (Phi) is 4.46. The van der Waals surface area contributed by atoms with E-state index in [1.54, 1.807) is 17.0 Å². The first-order chi connectivity index (χ1) is 12.7. The van der Waals surface area contributed by atoms with Crippen LogP contribution in [-0.4, -0.2) is 45.7 Å². The van der Waals surface area contributed by atoms with E-state index in [-0.39, 0.29) is 17.8 Å². The summed E-state index contributed by atoms with van der Waals surface area (Å²) in [7, 11) is 0. The number of para-hydroxylation sites is 2. The molecule has 0 aliphatic carbocycles. The summed E-state index contributed by atoms with van der Waals surface area (Å²) in [5.74, 6) is 0.680. The Morgan fingerprint density at radius 2 is 2.23 bits per heavy atom. The van der Waals surface area contributed by atoms with Crippen LogP contribution in [0.1, 0.15) is 5.56 Å². The van der Waals surface area contributed by atoms with Crippen molar-refractivity contribution >= 4 is 28.8 Å². The van der Waals surface area contributed by atoms with E-state index < -0.39 is 0 Å². The molecule has 1 aliphatic heterocycles. The Hall–Kier alpha value is -3.05. The second-order valence-electron chi connectivity index (χ2n) is 5.77. The van der Waals surface area contributed by atoms with Crippen LogP contribution in [0.2, 0.25) is 0 Å². The van der Waals surface area contributed by atoms with Gasteiger partial charge in [-0.2, -0.15) is 5.26 Å². The lowest BCUT2D eigenvalue weighted by Gasteiger charge is -2.38. The number of nitrogens with zero attached hydrogens (tertiary/aromatic N) is 4. The molecular formula is C18H14N4O3S. The largest absolute Gasteiger partial charge is 0.471 e. The normalized spacial score (nSPS) is 14.0. The number of carbonyl (C=O) groups excluding carboxylic acids is 1. The number of fused-ring (bicyclic) bond motifs is 1. The van der Waals surface area contributed by atoms with Crippen LogP contribution >= 0.6 is 11.8 Å². The average molecular weight is 366 g/mol. The maximum absolute atomic E-state index is 12.2. The predicted molar refractivity (Wildman–Crippen MR) is 94.7 cm³/mol. The number of pyridine rings is 1. The van der Waals surface area contributed by atoms with Gasteiger partial charge in [0.1, 0.15) is 11.6 Å². The standard InChI is InChI=1S/C18H14N4O3S/c19-8-12-5-6-20-16(7-12)24-13-9-22(10-13)17(23)11-26-18-21-14-3-1-2-4-15(14)25-18/h1-7,13H,9-11H2. The first-order valence-electron chi connectivity index (χ1n) is 8.00. The Labute approximate surface area is 153 Å². The van der Waals surface area contributed by atoms with E-state index in [0.717, 1.165) is 5.52 Å². The second-order valence-corrected chi connectivity index (χ2v) is 6.70. The van der Waals surface area contributed by atoms with Crippen molar-refractivity contribution in [3.8, 4) is 11.9 Å². The van der Waals surface area contributed by atoms with Gasteiger partial charge < -0.3 is 14.1 Å². The molecule has 1 saturated heterocycles. The zero-order valence-corrected chi connectivity index (χ0v) is 14.5. The quantitative estimate of drug-likeness (QED) is 0.641. The molecule has 7 nitrogen and oxygen atoms in total. The molecule has 0 atom stereocenters. The van der Waals surface area contributed by atoms with Crippen molar-refractivity contribution in [2.24, 2.45) is 0 Å². The lowest BCUT2D eigenvalue weighted by atomic mass is 10.1. The number of likely N-dealkylation sites (tertiary alicyclic amines) is 1. The van der Waals surface area contributed by atoms with Crippen molar-refractivity contribution in [1.29, 1.82) is 5.26 Å². The SMILES string of the molecule is N#Cc1ccnc(OC2CN(C(=O)CSc3nc4ccccc4o3)C2)c1. The Morgan fingerprint density at radius 1 is 1.38 bits per heavy atom. The fraction of sp³-hybridized carbons (Fsp3) is 0.222. The van der Waals surface area contributed by atoms with E-state index in [0.29, 0.717) is 35.3 Å². The molecule has 0 spiro atoms. The molecule has 130 valence electrons. The van der Waals surface area contributed by atoms with Gasteiger partial charge in [0.25, 0.3) is 5.22 Å². The van der Waals surface area contributed by atoms with Crippen LogP contribution in [0.25, 0.3) is 11.1 Å². The van der Waals surface area contributed by atoms with E-state index in [1.807, 2.05) is 30.3 Å². The second kappa shape index (κ2) is 7.06. The fourth-order valence-corrected chi connectivity index (χ4v) is 3.30. The van der Waals surface area contributed by atoms with Gasteiger partial charge >= 0.3 is 0 Å². The molecule has 0 radical (unpaired) electrons. The molecule has 1 aliphatic rings. The maximum Gasteiger partial charge on any atom is 0.257 e. The van der Waals surface area contributed by atoms with E-state index in [4.69, 9.17) is 14.4 Å². The summed E-state index contributed by atoms with van der Waals surface area (Å²) in [6, 6.07) is 12.8. The Balaban J connectivity index is 1.26. The zero-order chi connectivity index (χ0) is 17.9. The smallest absolute Gasteiger partial charge is 0.257 e. The van der Waals surface area contributed by atoms with E-state index in [1.165, 1.54) is 18.0 Å². The minimum absolute atomic E-state index is 0.0100. The number of benzene rings is 1. The third-order valence-corrected chi connectivity index (χ3v) is 4.76. The van der Waals surface area contributed by atoms with Gasteiger partial charge in [-0.15, -0.1) is 0 Å². The highest BCUT2D eigenvalue weighted by atomic mass is 32.2. The van der Waals surface area contributed by atoms with Crippen LogP contribution in [-0.2, 0) is 4.79 Å². The van der Waals surface area contributed by atoms with Crippen LogP contribution in [0.3, 0.4) is 0 Å². The third-order valence-electron chi connectivity index (χ3n) is 3.95. The monoisotopic (exact) mass is 366 g/mol. The van der Waals surface area contributed by atoms with E-state index in [2.05, 4.69) is 9.97 Å². The third kappa shape index (κ3) is 3.48. The van der Waals surface area contributed by atoms with Gasteiger partial charge in [-0.3, -0.25) is 4.79 Å². The molecule has 3 aromatic rings. The molecule has 26 heavy (non-hydrogen) atoms. The van der Waals surface area contributed by atoms with Gasteiger partial charge in [0.15, 0.2) is 5.58 Å². The molecule has 1 fully saturated rings. The van der Waals surface area contributed by atoms with Crippen molar-refractivity contribution in [3.63, 3.8) is 0 Å². The molecular weight excluding hydrogens is 352 g/mol. The lowest BCUT2D eigenvalue weighted by Crippen LogP contribution is -2.56. The Bertz CT molecular complexity index is 958. The first kappa shape index (κ1) is 16.4. The summed E-state index contributed by atoms with van der Waals surface area (Å²) >= 11 is 1.28. The van der Waals surface area contributed by atoms with E-state index in [9.17, 15) is 4.79 Å². The number of nitriles is 1.